The topological polar surface area (TPSA) is 70.1 Å². The van der Waals surface area contributed by atoms with Crippen molar-refractivity contribution in [2.45, 2.75) is 19.5 Å². The lowest BCUT2D eigenvalue weighted by molar-refractivity contribution is -0.144. The molecular weight excluding hydrogens is 242 g/mol. The number of rotatable bonds is 5. The molecule has 1 aromatic carbocycles. The third-order valence-electron chi connectivity index (χ3n) is 2.74. The summed E-state index contributed by atoms with van der Waals surface area (Å²) in [6.45, 7) is 2.73. The molecule has 0 amide bonds. The van der Waals surface area contributed by atoms with Gasteiger partial charge in [-0.2, -0.15) is 5.10 Å². The minimum atomic E-state index is -0.774. The summed E-state index contributed by atoms with van der Waals surface area (Å²) in [6, 6.07) is 9.19. The summed E-state index contributed by atoms with van der Waals surface area (Å²) in [7, 11) is 0. The molecule has 0 aliphatic rings. The first-order valence-electron chi connectivity index (χ1n) is 6.19. The monoisotopic (exact) mass is 259 g/mol. The van der Waals surface area contributed by atoms with Gasteiger partial charge in [-0.3, -0.25) is 4.68 Å². The van der Waals surface area contributed by atoms with Crippen LogP contribution in [0, 0.1) is 0 Å². The molecule has 0 fully saturated rings. The predicted molar refractivity (Wildman–Crippen MR) is 71.3 cm³/mol. The van der Waals surface area contributed by atoms with Crippen LogP contribution < -0.4 is 5.73 Å². The van der Waals surface area contributed by atoms with Crippen molar-refractivity contribution in [1.29, 1.82) is 0 Å². The predicted octanol–water partition coefficient (Wildman–Crippen LogP) is 1.49. The maximum Gasteiger partial charge on any atom is 0.327 e. The zero-order chi connectivity index (χ0) is 13.7. The number of benzene rings is 1. The molecule has 1 atom stereocenters. The van der Waals surface area contributed by atoms with Crippen molar-refractivity contribution in [3.8, 4) is 0 Å². The van der Waals surface area contributed by atoms with E-state index < -0.39 is 12.0 Å². The normalized spacial score (nSPS) is 12.1. The van der Waals surface area contributed by atoms with Crippen molar-refractivity contribution in [1.82, 2.24) is 9.78 Å². The maximum atomic E-state index is 11.5. The Kier molecular flexibility index (Phi) is 4.30. The highest BCUT2D eigenvalue weighted by Gasteiger charge is 2.18. The molecule has 2 N–H and O–H groups in total. The molecule has 100 valence electrons. The van der Waals surface area contributed by atoms with E-state index in [1.165, 1.54) is 0 Å². The zero-order valence-corrected chi connectivity index (χ0v) is 10.8. The van der Waals surface area contributed by atoms with Gasteiger partial charge in [0.15, 0.2) is 0 Å². The summed E-state index contributed by atoms with van der Waals surface area (Å²) < 4.78 is 6.64. The van der Waals surface area contributed by atoms with Crippen LogP contribution in [0.4, 0.5) is 0 Å². The number of esters is 1. The first kappa shape index (κ1) is 13.3. The van der Waals surface area contributed by atoms with Gasteiger partial charge in [-0.05, 0) is 12.5 Å². The van der Waals surface area contributed by atoms with E-state index in [-0.39, 0.29) is 0 Å². The van der Waals surface area contributed by atoms with Crippen molar-refractivity contribution < 1.29 is 9.53 Å². The summed E-state index contributed by atoms with van der Waals surface area (Å²) in [5.41, 5.74) is 7.61. The molecule has 1 heterocycles. The standard InChI is InChI=1S/C14H17N3O2/c1-2-19-14(18)13(15)12-8-16-17(10-12)9-11-6-4-3-5-7-11/h3-8,10,13H,2,9,15H2,1H3. The van der Waals surface area contributed by atoms with E-state index in [0.29, 0.717) is 18.7 Å². The number of hydrogen-bond donors (Lipinski definition) is 1. The zero-order valence-electron chi connectivity index (χ0n) is 10.8. The van der Waals surface area contributed by atoms with Crippen LogP contribution in [0.3, 0.4) is 0 Å². The highest BCUT2D eigenvalue weighted by atomic mass is 16.5. The Balaban J connectivity index is 2.05. The fourth-order valence-corrected chi connectivity index (χ4v) is 1.77. The second-order valence-electron chi connectivity index (χ2n) is 4.19. The third-order valence-corrected chi connectivity index (χ3v) is 2.74. The Morgan fingerprint density at radius 1 is 1.42 bits per heavy atom. The minimum Gasteiger partial charge on any atom is -0.465 e. The van der Waals surface area contributed by atoms with Crippen LogP contribution in [0.25, 0.3) is 0 Å². The van der Waals surface area contributed by atoms with Gasteiger partial charge in [0, 0.05) is 11.8 Å². The highest BCUT2D eigenvalue weighted by molar-refractivity contribution is 5.77. The molecule has 5 heteroatoms. The van der Waals surface area contributed by atoms with E-state index in [0.717, 1.165) is 5.56 Å². The summed E-state index contributed by atoms with van der Waals surface area (Å²) in [4.78, 5) is 11.5. The molecule has 2 aromatic rings. The Morgan fingerprint density at radius 3 is 2.84 bits per heavy atom. The van der Waals surface area contributed by atoms with Crippen molar-refractivity contribution in [3.63, 3.8) is 0 Å². The summed E-state index contributed by atoms with van der Waals surface area (Å²) in [5.74, 6) is -0.429. The minimum absolute atomic E-state index is 0.324. The van der Waals surface area contributed by atoms with Gasteiger partial charge in [-0.15, -0.1) is 0 Å². The smallest absolute Gasteiger partial charge is 0.327 e. The van der Waals surface area contributed by atoms with Gasteiger partial charge in [0.05, 0.1) is 19.3 Å². The Morgan fingerprint density at radius 2 is 2.16 bits per heavy atom. The van der Waals surface area contributed by atoms with Crippen LogP contribution in [0.2, 0.25) is 0 Å². The molecule has 2 rings (SSSR count). The van der Waals surface area contributed by atoms with Gasteiger partial charge >= 0.3 is 5.97 Å². The van der Waals surface area contributed by atoms with Gasteiger partial charge in [0.2, 0.25) is 0 Å². The lowest BCUT2D eigenvalue weighted by Crippen LogP contribution is -2.23. The van der Waals surface area contributed by atoms with E-state index in [4.69, 9.17) is 10.5 Å². The molecule has 0 saturated heterocycles. The van der Waals surface area contributed by atoms with Crippen LogP contribution in [-0.2, 0) is 16.1 Å². The van der Waals surface area contributed by atoms with Crippen molar-refractivity contribution in [2.24, 2.45) is 5.73 Å². The highest BCUT2D eigenvalue weighted by Crippen LogP contribution is 2.12. The lowest BCUT2D eigenvalue weighted by Gasteiger charge is -2.07. The van der Waals surface area contributed by atoms with Gasteiger partial charge in [-0.1, -0.05) is 30.3 Å². The Labute approximate surface area is 112 Å². The van der Waals surface area contributed by atoms with E-state index in [2.05, 4.69) is 5.10 Å². The third kappa shape index (κ3) is 3.42. The van der Waals surface area contributed by atoms with Crippen LogP contribution in [-0.4, -0.2) is 22.4 Å². The fraction of sp³-hybridized carbons (Fsp3) is 0.286. The average molecular weight is 259 g/mol. The number of hydrogen-bond acceptors (Lipinski definition) is 4. The van der Waals surface area contributed by atoms with E-state index in [1.807, 2.05) is 30.3 Å². The largest absolute Gasteiger partial charge is 0.465 e. The van der Waals surface area contributed by atoms with Crippen LogP contribution in [0.1, 0.15) is 24.1 Å². The van der Waals surface area contributed by atoms with Gasteiger partial charge in [0.1, 0.15) is 6.04 Å². The number of nitrogens with two attached hydrogens (primary N) is 1. The number of nitrogens with zero attached hydrogens (tertiary/aromatic N) is 2. The van der Waals surface area contributed by atoms with Crippen molar-refractivity contribution in [3.05, 3.63) is 53.9 Å². The van der Waals surface area contributed by atoms with Crippen molar-refractivity contribution in [2.75, 3.05) is 6.61 Å². The summed E-state index contributed by atoms with van der Waals surface area (Å²) >= 11 is 0. The first-order valence-corrected chi connectivity index (χ1v) is 6.19. The van der Waals surface area contributed by atoms with E-state index >= 15 is 0 Å². The summed E-state index contributed by atoms with van der Waals surface area (Å²) in [6.07, 6.45) is 3.37. The molecular formula is C14H17N3O2. The molecule has 0 radical (unpaired) electrons. The van der Waals surface area contributed by atoms with Gasteiger partial charge < -0.3 is 10.5 Å². The van der Waals surface area contributed by atoms with E-state index in [9.17, 15) is 4.79 Å². The first-order chi connectivity index (χ1) is 9.20. The molecule has 1 unspecified atom stereocenters. The number of ether oxygens (including phenoxy) is 1. The van der Waals surface area contributed by atoms with Gasteiger partial charge in [0.25, 0.3) is 0 Å². The van der Waals surface area contributed by atoms with Gasteiger partial charge in [-0.25, -0.2) is 4.79 Å². The molecule has 5 nitrogen and oxygen atoms in total. The SMILES string of the molecule is CCOC(=O)C(N)c1cnn(Cc2ccccc2)c1. The molecule has 0 aliphatic heterocycles. The van der Waals surface area contributed by atoms with E-state index in [1.54, 1.807) is 24.0 Å². The quantitative estimate of drug-likeness (QED) is 0.826. The molecule has 0 saturated carbocycles. The summed E-state index contributed by atoms with van der Waals surface area (Å²) in [5, 5.41) is 4.20. The lowest BCUT2D eigenvalue weighted by atomic mass is 10.2. The second-order valence-corrected chi connectivity index (χ2v) is 4.19. The number of aromatic nitrogens is 2. The van der Waals surface area contributed by atoms with Crippen LogP contribution >= 0.6 is 0 Å². The number of carbonyl (C=O) groups is 1. The Hall–Kier alpha value is -2.14. The Bertz CT molecular complexity index is 537. The fourth-order valence-electron chi connectivity index (χ4n) is 1.77. The molecule has 0 spiro atoms. The van der Waals surface area contributed by atoms with Crippen molar-refractivity contribution >= 4 is 5.97 Å². The van der Waals surface area contributed by atoms with Crippen LogP contribution in [0.15, 0.2) is 42.7 Å². The van der Waals surface area contributed by atoms with Crippen LogP contribution in [0.5, 0.6) is 0 Å². The molecule has 0 aliphatic carbocycles. The molecule has 0 bridgehead atoms. The maximum absolute atomic E-state index is 11.5. The average Bonchev–Trinajstić information content (AvgIpc) is 2.88. The number of carbonyl (C=O) groups excluding carboxylic acids is 1. The second kappa shape index (κ2) is 6.15. The molecule has 1 aromatic heterocycles. The molecule has 19 heavy (non-hydrogen) atoms.